The van der Waals surface area contributed by atoms with E-state index in [4.69, 9.17) is 5.11 Å². The average molecular weight is 307 g/mol. The van der Waals surface area contributed by atoms with E-state index in [9.17, 15) is 9.59 Å². The number of carbonyl (C=O) groups is 2. The average Bonchev–Trinajstić information content (AvgIpc) is 3.07. The molecule has 2 N–H and O–H groups in total. The van der Waals surface area contributed by atoms with Gasteiger partial charge in [0, 0.05) is 21.2 Å². The summed E-state index contributed by atoms with van der Waals surface area (Å²) in [6.07, 6.45) is 2.54. The van der Waals surface area contributed by atoms with E-state index in [1.165, 1.54) is 17.4 Å². The number of rotatable bonds is 5. The van der Waals surface area contributed by atoms with Crippen molar-refractivity contribution in [3.8, 4) is 0 Å². The van der Waals surface area contributed by atoms with Gasteiger partial charge in [-0.3, -0.25) is 4.79 Å². The Morgan fingerprint density at radius 2 is 2.20 bits per heavy atom. The van der Waals surface area contributed by atoms with Crippen LogP contribution in [0.4, 0.5) is 0 Å². The zero-order chi connectivity index (χ0) is 14.5. The molecule has 0 radical (unpaired) electrons. The van der Waals surface area contributed by atoms with Crippen LogP contribution in [0.5, 0.6) is 0 Å². The normalized spacial score (nSPS) is 12.4. The van der Waals surface area contributed by atoms with Crippen molar-refractivity contribution in [3.05, 3.63) is 50.4 Å². The van der Waals surface area contributed by atoms with Crippen LogP contribution in [0.15, 0.2) is 35.0 Å². The van der Waals surface area contributed by atoms with Crippen LogP contribution in [-0.2, 0) is 4.79 Å². The molecule has 2 heterocycles. The van der Waals surface area contributed by atoms with Crippen LogP contribution in [0.1, 0.15) is 33.1 Å². The highest BCUT2D eigenvalue weighted by Gasteiger charge is 2.13. The second-order valence-electron chi connectivity index (χ2n) is 4.12. The van der Waals surface area contributed by atoms with Crippen LogP contribution >= 0.6 is 22.7 Å². The number of thiophene rings is 2. The number of carbonyl (C=O) groups excluding carboxylic acids is 1. The van der Waals surface area contributed by atoms with Gasteiger partial charge in [-0.2, -0.15) is 0 Å². The number of carboxylic acids is 1. The van der Waals surface area contributed by atoms with E-state index >= 15 is 0 Å². The zero-order valence-electron chi connectivity index (χ0n) is 10.7. The molecule has 0 aliphatic rings. The molecule has 2 aromatic heterocycles. The molecule has 1 amide bonds. The molecule has 2 rings (SSSR count). The van der Waals surface area contributed by atoms with Crippen molar-refractivity contribution in [2.45, 2.75) is 13.0 Å². The van der Waals surface area contributed by atoms with Gasteiger partial charge in [-0.15, -0.1) is 22.7 Å². The van der Waals surface area contributed by atoms with Gasteiger partial charge in [-0.25, -0.2) is 4.79 Å². The molecule has 0 saturated carbocycles. The van der Waals surface area contributed by atoms with E-state index in [-0.39, 0.29) is 11.9 Å². The number of aliphatic carboxylic acids is 1. The Labute approximate surface area is 124 Å². The maximum atomic E-state index is 12.1. The molecule has 2 aromatic rings. The molecule has 0 aromatic carbocycles. The molecule has 0 saturated heterocycles. The molecule has 4 nitrogen and oxygen atoms in total. The predicted octanol–water partition coefficient (Wildman–Crippen LogP) is 3.40. The van der Waals surface area contributed by atoms with E-state index in [2.05, 4.69) is 5.32 Å². The van der Waals surface area contributed by atoms with Gasteiger partial charge in [0.25, 0.3) is 5.91 Å². The quantitative estimate of drug-likeness (QED) is 0.832. The van der Waals surface area contributed by atoms with Gasteiger partial charge < -0.3 is 10.4 Å². The maximum Gasteiger partial charge on any atom is 0.328 e. The molecule has 1 unspecified atom stereocenters. The highest BCUT2D eigenvalue weighted by molar-refractivity contribution is 7.11. The fourth-order valence-corrected chi connectivity index (χ4v) is 3.12. The van der Waals surface area contributed by atoms with Gasteiger partial charge in [0.05, 0.1) is 11.6 Å². The molecular formula is C14H13NO3S2. The van der Waals surface area contributed by atoms with Crippen LogP contribution in [0.3, 0.4) is 0 Å². The van der Waals surface area contributed by atoms with Crippen molar-refractivity contribution in [1.29, 1.82) is 0 Å². The van der Waals surface area contributed by atoms with Gasteiger partial charge in [-0.1, -0.05) is 6.07 Å². The van der Waals surface area contributed by atoms with Gasteiger partial charge in [0.15, 0.2) is 0 Å². The fourth-order valence-electron chi connectivity index (χ4n) is 1.60. The van der Waals surface area contributed by atoms with E-state index < -0.39 is 5.97 Å². The summed E-state index contributed by atoms with van der Waals surface area (Å²) in [5.41, 5.74) is 0.545. The Kier molecular flexibility index (Phi) is 4.70. The lowest BCUT2D eigenvalue weighted by Gasteiger charge is -2.11. The molecule has 104 valence electrons. The first-order chi connectivity index (χ1) is 9.56. The number of amides is 1. The third-order valence-electron chi connectivity index (χ3n) is 2.59. The van der Waals surface area contributed by atoms with Crippen molar-refractivity contribution in [1.82, 2.24) is 5.32 Å². The zero-order valence-corrected chi connectivity index (χ0v) is 12.3. The first-order valence-corrected chi connectivity index (χ1v) is 7.66. The number of hydrogen-bond acceptors (Lipinski definition) is 4. The lowest BCUT2D eigenvalue weighted by molar-refractivity contribution is -0.131. The number of hydrogen-bond donors (Lipinski definition) is 2. The van der Waals surface area contributed by atoms with Gasteiger partial charge in [-0.05, 0) is 30.5 Å². The van der Waals surface area contributed by atoms with Crippen LogP contribution in [0.25, 0.3) is 6.08 Å². The Morgan fingerprint density at radius 3 is 2.85 bits per heavy atom. The lowest BCUT2D eigenvalue weighted by Crippen LogP contribution is -2.25. The highest BCUT2D eigenvalue weighted by atomic mass is 32.1. The minimum absolute atomic E-state index is 0.0413. The smallest absolute Gasteiger partial charge is 0.328 e. The summed E-state index contributed by atoms with van der Waals surface area (Å²) in [5, 5.41) is 15.2. The fraction of sp³-hybridized carbons (Fsp3) is 0.143. The van der Waals surface area contributed by atoms with Crippen molar-refractivity contribution in [2.75, 3.05) is 0 Å². The number of nitrogens with one attached hydrogen (secondary N) is 1. The minimum atomic E-state index is -1.00. The standard InChI is InChI=1S/C14H13NO3S2/c1-9(12-3-2-6-19-12)15-14(18)10-7-11(20-8-10)4-5-13(16)17/h2-9H,1H3,(H,15,18)(H,16,17). The van der Waals surface area contributed by atoms with E-state index in [1.807, 2.05) is 24.4 Å². The molecule has 1 atom stereocenters. The predicted molar refractivity (Wildman–Crippen MR) is 81.2 cm³/mol. The summed E-state index contributed by atoms with van der Waals surface area (Å²) in [6.45, 7) is 1.93. The molecular weight excluding hydrogens is 294 g/mol. The summed E-state index contributed by atoms with van der Waals surface area (Å²) in [4.78, 5) is 24.3. The summed E-state index contributed by atoms with van der Waals surface area (Å²) >= 11 is 2.93. The summed E-state index contributed by atoms with van der Waals surface area (Å²) in [5.74, 6) is -1.16. The van der Waals surface area contributed by atoms with Crippen LogP contribution in [0, 0.1) is 0 Å². The lowest BCUT2D eigenvalue weighted by atomic mass is 10.2. The van der Waals surface area contributed by atoms with Gasteiger partial charge >= 0.3 is 5.97 Å². The second-order valence-corrected chi connectivity index (χ2v) is 6.04. The van der Waals surface area contributed by atoms with Crippen LogP contribution in [0.2, 0.25) is 0 Å². The molecule has 6 heteroatoms. The molecule has 0 spiro atoms. The molecule has 20 heavy (non-hydrogen) atoms. The monoisotopic (exact) mass is 307 g/mol. The topological polar surface area (TPSA) is 66.4 Å². The van der Waals surface area contributed by atoms with Gasteiger partial charge in [0.1, 0.15) is 0 Å². The third kappa shape index (κ3) is 3.79. The Balaban J connectivity index is 2.01. The van der Waals surface area contributed by atoms with Crippen LogP contribution in [-0.4, -0.2) is 17.0 Å². The third-order valence-corrected chi connectivity index (χ3v) is 4.54. The Morgan fingerprint density at radius 1 is 1.40 bits per heavy atom. The Hall–Kier alpha value is -1.92. The van der Waals surface area contributed by atoms with Crippen molar-refractivity contribution in [3.63, 3.8) is 0 Å². The summed E-state index contributed by atoms with van der Waals surface area (Å²) < 4.78 is 0. The van der Waals surface area contributed by atoms with Crippen molar-refractivity contribution < 1.29 is 14.7 Å². The molecule has 0 aliphatic heterocycles. The van der Waals surface area contributed by atoms with E-state index in [0.29, 0.717) is 5.56 Å². The maximum absolute atomic E-state index is 12.1. The van der Waals surface area contributed by atoms with E-state index in [1.54, 1.807) is 22.8 Å². The first-order valence-electron chi connectivity index (χ1n) is 5.90. The summed E-state index contributed by atoms with van der Waals surface area (Å²) in [6, 6.07) is 5.56. The van der Waals surface area contributed by atoms with E-state index in [0.717, 1.165) is 15.8 Å². The van der Waals surface area contributed by atoms with Crippen LogP contribution < -0.4 is 5.32 Å². The summed E-state index contributed by atoms with van der Waals surface area (Å²) in [7, 11) is 0. The second kappa shape index (κ2) is 6.49. The van der Waals surface area contributed by atoms with Crippen molar-refractivity contribution >= 4 is 40.6 Å². The largest absolute Gasteiger partial charge is 0.478 e. The highest BCUT2D eigenvalue weighted by Crippen LogP contribution is 2.20. The molecule has 0 bridgehead atoms. The first kappa shape index (κ1) is 14.5. The van der Waals surface area contributed by atoms with Gasteiger partial charge in [0.2, 0.25) is 0 Å². The molecule has 0 aliphatic carbocycles. The number of carboxylic acid groups (broad SMARTS) is 1. The van der Waals surface area contributed by atoms with Crippen molar-refractivity contribution in [2.24, 2.45) is 0 Å². The molecule has 0 fully saturated rings. The Bertz CT molecular complexity index is 629. The SMILES string of the molecule is CC(NC(=O)c1csc(C=CC(=O)O)c1)c1cccs1. The minimum Gasteiger partial charge on any atom is -0.478 e.